The summed E-state index contributed by atoms with van der Waals surface area (Å²) in [7, 11) is 0. The molecular formula is C14H24N2O4. The summed E-state index contributed by atoms with van der Waals surface area (Å²) in [5.74, 6) is -1.36. The average Bonchev–Trinajstić information content (AvgIpc) is 3.05. The summed E-state index contributed by atoms with van der Waals surface area (Å²) in [5.41, 5.74) is -0.661. The van der Waals surface area contributed by atoms with Gasteiger partial charge in [0.2, 0.25) is 5.91 Å². The molecule has 0 aromatic carbocycles. The smallest absolute Gasteiger partial charge is 0.324 e. The SMILES string of the molecule is CCCN(C(=O)NC(=O)CC(C)(C)CC(=O)O)C1CC1. The highest BCUT2D eigenvalue weighted by Gasteiger charge is 2.33. The highest BCUT2D eigenvalue weighted by molar-refractivity contribution is 5.95. The predicted molar refractivity (Wildman–Crippen MR) is 74.2 cm³/mol. The van der Waals surface area contributed by atoms with Gasteiger partial charge in [0.1, 0.15) is 0 Å². The van der Waals surface area contributed by atoms with Crippen LogP contribution in [0, 0.1) is 5.41 Å². The first-order valence-corrected chi connectivity index (χ1v) is 7.07. The Morgan fingerprint density at radius 3 is 2.30 bits per heavy atom. The van der Waals surface area contributed by atoms with Crippen molar-refractivity contribution in [3.63, 3.8) is 0 Å². The van der Waals surface area contributed by atoms with Gasteiger partial charge in [-0.2, -0.15) is 0 Å². The third-order valence-electron chi connectivity index (χ3n) is 3.23. The lowest BCUT2D eigenvalue weighted by atomic mass is 9.85. The lowest BCUT2D eigenvalue weighted by Gasteiger charge is -2.24. The van der Waals surface area contributed by atoms with E-state index in [1.54, 1.807) is 18.7 Å². The molecule has 1 saturated carbocycles. The van der Waals surface area contributed by atoms with Gasteiger partial charge in [0.25, 0.3) is 0 Å². The van der Waals surface area contributed by atoms with Crippen LogP contribution in [0.15, 0.2) is 0 Å². The molecule has 3 amide bonds. The molecule has 1 fully saturated rings. The van der Waals surface area contributed by atoms with Crippen LogP contribution in [0.2, 0.25) is 0 Å². The number of urea groups is 1. The van der Waals surface area contributed by atoms with Gasteiger partial charge in [0.15, 0.2) is 0 Å². The van der Waals surface area contributed by atoms with Gasteiger partial charge < -0.3 is 10.0 Å². The van der Waals surface area contributed by atoms with Crippen LogP contribution in [-0.4, -0.2) is 40.5 Å². The van der Waals surface area contributed by atoms with E-state index in [2.05, 4.69) is 5.32 Å². The third-order valence-corrected chi connectivity index (χ3v) is 3.23. The van der Waals surface area contributed by atoms with Crippen LogP contribution in [0.5, 0.6) is 0 Å². The Morgan fingerprint density at radius 2 is 1.85 bits per heavy atom. The number of carbonyl (C=O) groups excluding carboxylic acids is 2. The minimum absolute atomic E-state index is 0.0235. The van der Waals surface area contributed by atoms with Gasteiger partial charge in [-0.1, -0.05) is 20.8 Å². The van der Waals surface area contributed by atoms with E-state index in [1.807, 2.05) is 6.92 Å². The third kappa shape index (κ3) is 5.59. The van der Waals surface area contributed by atoms with E-state index in [0.717, 1.165) is 19.3 Å². The number of nitrogens with one attached hydrogen (secondary N) is 1. The number of carboxylic acid groups (broad SMARTS) is 1. The Bertz CT molecular complexity index is 389. The Morgan fingerprint density at radius 1 is 1.25 bits per heavy atom. The molecule has 1 rings (SSSR count). The van der Waals surface area contributed by atoms with Gasteiger partial charge >= 0.3 is 12.0 Å². The average molecular weight is 284 g/mol. The monoisotopic (exact) mass is 284 g/mol. The number of nitrogens with zero attached hydrogens (tertiary/aromatic N) is 1. The molecule has 0 aromatic heterocycles. The standard InChI is InChI=1S/C14H24N2O4/c1-4-7-16(10-5-6-10)13(20)15-11(17)8-14(2,3)9-12(18)19/h10H,4-9H2,1-3H3,(H,18,19)(H,15,17,20). The van der Waals surface area contributed by atoms with Crippen molar-refractivity contribution in [3.05, 3.63) is 0 Å². The molecule has 114 valence electrons. The molecule has 1 aliphatic carbocycles. The number of aliphatic carboxylic acids is 1. The zero-order chi connectivity index (χ0) is 15.3. The van der Waals surface area contributed by atoms with Crippen LogP contribution in [0.1, 0.15) is 52.9 Å². The maximum Gasteiger partial charge on any atom is 0.324 e. The first-order chi connectivity index (χ1) is 9.25. The first-order valence-electron chi connectivity index (χ1n) is 7.07. The van der Waals surface area contributed by atoms with Gasteiger partial charge in [-0.05, 0) is 24.7 Å². The zero-order valence-corrected chi connectivity index (χ0v) is 12.4. The predicted octanol–water partition coefficient (Wildman–Crippen LogP) is 1.99. The molecule has 6 nitrogen and oxygen atoms in total. The normalized spacial score (nSPS) is 14.8. The summed E-state index contributed by atoms with van der Waals surface area (Å²) in [6.45, 7) is 6.04. The number of rotatable bonds is 7. The maximum absolute atomic E-state index is 12.0. The van der Waals surface area contributed by atoms with E-state index in [1.165, 1.54) is 0 Å². The van der Waals surface area contributed by atoms with Crippen molar-refractivity contribution in [2.24, 2.45) is 5.41 Å². The summed E-state index contributed by atoms with van der Waals surface area (Å²) < 4.78 is 0. The fourth-order valence-electron chi connectivity index (χ4n) is 2.22. The quantitative estimate of drug-likeness (QED) is 0.748. The molecular weight excluding hydrogens is 260 g/mol. The van der Waals surface area contributed by atoms with Crippen molar-refractivity contribution in [2.75, 3.05) is 6.54 Å². The van der Waals surface area contributed by atoms with E-state index in [4.69, 9.17) is 5.11 Å². The maximum atomic E-state index is 12.0. The van der Waals surface area contributed by atoms with Crippen LogP contribution in [0.4, 0.5) is 4.79 Å². The van der Waals surface area contributed by atoms with E-state index >= 15 is 0 Å². The lowest BCUT2D eigenvalue weighted by Crippen LogP contribution is -2.45. The Kier molecular flexibility index (Phi) is 5.53. The van der Waals surface area contributed by atoms with Crippen molar-refractivity contribution >= 4 is 17.9 Å². The van der Waals surface area contributed by atoms with Crippen LogP contribution >= 0.6 is 0 Å². The van der Waals surface area contributed by atoms with Gasteiger partial charge in [-0.3, -0.25) is 14.9 Å². The molecule has 0 spiro atoms. The number of hydrogen-bond donors (Lipinski definition) is 2. The number of carboxylic acids is 1. The van der Waals surface area contributed by atoms with Crippen LogP contribution < -0.4 is 5.32 Å². The van der Waals surface area contributed by atoms with Crippen molar-refractivity contribution in [2.45, 2.75) is 58.9 Å². The number of imide groups is 1. The van der Waals surface area contributed by atoms with Crippen LogP contribution in [0.3, 0.4) is 0 Å². The first kappa shape index (κ1) is 16.5. The van der Waals surface area contributed by atoms with E-state index in [0.29, 0.717) is 6.54 Å². The van der Waals surface area contributed by atoms with Crippen molar-refractivity contribution in [1.29, 1.82) is 0 Å². The van der Waals surface area contributed by atoms with Crippen molar-refractivity contribution in [3.8, 4) is 0 Å². The van der Waals surface area contributed by atoms with Crippen molar-refractivity contribution < 1.29 is 19.5 Å². The van der Waals surface area contributed by atoms with E-state index in [9.17, 15) is 14.4 Å². The summed E-state index contributed by atoms with van der Waals surface area (Å²) in [6.07, 6.45) is 2.76. The van der Waals surface area contributed by atoms with Crippen molar-refractivity contribution in [1.82, 2.24) is 10.2 Å². The second-order valence-electron chi connectivity index (χ2n) is 6.19. The molecule has 0 radical (unpaired) electrons. The molecule has 0 bridgehead atoms. The summed E-state index contributed by atoms with van der Waals surface area (Å²) >= 11 is 0. The second kappa shape index (κ2) is 6.72. The Balaban J connectivity index is 2.48. The molecule has 6 heteroatoms. The second-order valence-corrected chi connectivity index (χ2v) is 6.19. The minimum atomic E-state index is -0.945. The fourth-order valence-corrected chi connectivity index (χ4v) is 2.22. The molecule has 1 aliphatic rings. The Labute approximate surface area is 119 Å². The molecule has 0 heterocycles. The lowest BCUT2D eigenvalue weighted by molar-refractivity contribution is -0.139. The number of carbonyl (C=O) groups is 3. The topological polar surface area (TPSA) is 86.7 Å². The Hall–Kier alpha value is -1.59. The molecule has 0 saturated heterocycles. The molecule has 0 atom stereocenters. The zero-order valence-electron chi connectivity index (χ0n) is 12.4. The van der Waals surface area contributed by atoms with E-state index in [-0.39, 0.29) is 24.9 Å². The molecule has 0 unspecified atom stereocenters. The van der Waals surface area contributed by atoms with Crippen LogP contribution in [-0.2, 0) is 9.59 Å². The molecule has 20 heavy (non-hydrogen) atoms. The summed E-state index contributed by atoms with van der Waals surface area (Å²) in [5, 5.41) is 11.1. The minimum Gasteiger partial charge on any atom is -0.481 e. The molecule has 0 aromatic rings. The summed E-state index contributed by atoms with van der Waals surface area (Å²) in [4.78, 5) is 36.3. The molecule has 2 N–H and O–H groups in total. The fraction of sp³-hybridized carbons (Fsp3) is 0.786. The number of hydrogen-bond acceptors (Lipinski definition) is 3. The highest BCUT2D eigenvalue weighted by Crippen LogP contribution is 2.27. The van der Waals surface area contributed by atoms with Gasteiger partial charge in [0.05, 0.1) is 6.42 Å². The highest BCUT2D eigenvalue weighted by atomic mass is 16.4. The summed E-state index contributed by atoms with van der Waals surface area (Å²) in [6, 6.07) is -0.0970. The number of amides is 3. The largest absolute Gasteiger partial charge is 0.481 e. The van der Waals surface area contributed by atoms with Gasteiger partial charge in [0, 0.05) is 19.0 Å². The van der Waals surface area contributed by atoms with Crippen LogP contribution in [0.25, 0.3) is 0 Å². The van der Waals surface area contributed by atoms with E-state index < -0.39 is 17.3 Å². The molecule has 0 aliphatic heterocycles. The van der Waals surface area contributed by atoms with Gasteiger partial charge in [-0.15, -0.1) is 0 Å². The van der Waals surface area contributed by atoms with Gasteiger partial charge in [-0.25, -0.2) is 4.79 Å².